The van der Waals surface area contributed by atoms with Crippen molar-refractivity contribution in [3.8, 4) is 11.5 Å². The lowest BCUT2D eigenvalue weighted by molar-refractivity contribution is 0.317. The lowest BCUT2D eigenvalue weighted by atomic mass is 10.1. The molecule has 2 aromatic rings. The molecule has 0 bridgehead atoms. The molecule has 1 heterocycles. The Morgan fingerprint density at radius 2 is 2.27 bits per heavy atom. The number of benzene rings is 1. The van der Waals surface area contributed by atoms with Crippen molar-refractivity contribution in [1.82, 2.24) is 9.66 Å². The van der Waals surface area contributed by atoms with Gasteiger partial charge in [0, 0.05) is 5.56 Å². The van der Waals surface area contributed by atoms with Gasteiger partial charge in [0.2, 0.25) is 5.95 Å². The number of aromatic hydroxyl groups is 1. The second-order valence-corrected chi connectivity index (χ2v) is 4.78. The second-order valence-electron chi connectivity index (χ2n) is 4.78. The Hall–Kier alpha value is -2.76. The second kappa shape index (κ2) is 6.80. The number of hydrogen-bond donors (Lipinski definition) is 2. The van der Waals surface area contributed by atoms with Crippen LogP contribution in [0.5, 0.6) is 11.5 Å². The van der Waals surface area contributed by atoms with Crippen LogP contribution >= 0.6 is 0 Å². The average molecular weight is 300 g/mol. The number of anilines is 1. The van der Waals surface area contributed by atoms with Crippen LogP contribution in [0.4, 0.5) is 5.95 Å². The molecule has 1 aromatic carbocycles. The van der Waals surface area contributed by atoms with E-state index in [9.17, 15) is 5.11 Å². The molecule has 0 spiro atoms. The van der Waals surface area contributed by atoms with Crippen LogP contribution in [0.1, 0.15) is 23.7 Å². The van der Waals surface area contributed by atoms with Crippen molar-refractivity contribution < 1.29 is 9.84 Å². The number of aryl methyl sites for hydroxylation is 1. The summed E-state index contributed by atoms with van der Waals surface area (Å²) in [4.78, 5) is 4.08. The lowest BCUT2D eigenvalue weighted by Gasteiger charge is -2.10. The van der Waals surface area contributed by atoms with Crippen LogP contribution in [0, 0.1) is 6.92 Å². The summed E-state index contributed by atoms with van der Waals surface area (Å²) in [6.45, 7) is 7.87. The summed E-state index contributed by atoms with van der Waals surface area (Å²) in [5.41, 5.74) is 8.07. The van der Waals surface area contributed by atoms with Gasteiger partial charge in [0.1, 0.15) is 0 Å². The van der Waals surface area contributed by atoms with E-state index in [0.29, 0.717) is 24.7 Å². The number of allylic oxidation sites excluding steroid dienone is 1. The van der Waals surface area contributed by atoms with E-state index in [-0.39, 0.29) is 5.75 Å². The summed E-state index contributed by atoms with van der Waals surface area (Å²) < 4.78 is 6.95. The van der Waals surface area contributed by atoms with E-state index in [2.05, 4.69) is 16.7 Å². The third kappa shape index (κ3) is 3.46. The molecule has 3 N–H and O–H groups in total. The van der Waals surface area contributed by atoms with Gasteiger partial charge in [0.15, 0.2) is 11.5 Å². The first kappa shape index (κ1) is 15.6. The molecule has 6 nitrogen and oxygen atoms in total. The maximum Gasteiger partial charge on any atom is 0.221 e. The first-order valence-electron chi connectivity index (χ1n) is 7.00. The predicted octanol–water partition coefficient (Wildman–Crippen LogP) is 2.49. The number of phenolic OH excluding ortho intramolecular Hbond substituents is 1. The van der Waals surface area contributed by atoms with Crippen molar-refractivity contribution >= 4 is 12.2 Å². The Kier molecular flexibility index (Phi) is 4.83. The Morgan fingerprint density at radius 3 is 2.86 bits per heavy atom. The molecule has 116 valence electrons. The van der Waals surface area contributed by atoms with E-state index < -0.39 is 0 Å². The predicted molar refractivity (Wildman–Crippen MR) is 87.5 cm³/mol. The van der Waals surface area contributed by atoms with Crippen LogP contribution < -0.4 is 10.5 Å². The van der Waals surface area contributed by atoms with Crippen LogP contribution in [-0.2, 0) is 6.42 Å². The third-order valence-corrected chi connectivity index (χ3v) is 3.01. The summed E-state index contributed by atoms with van der Waals surface area (Å²) in [6.07, 6.45) is 5.65. The smallest absolute Gasteiger partial charge is 0.221 e. The number of nitrogen functional groups attached to an aromatic ring is 1. The van der Waals surface area contributed by atoms with Crippen LogP contribution in [0.15, 0.2) is 36.1 Å². The largest absolute Gasteiger partial charge is 0.504 e. The van der Waals surface area contributed by atoms with Crippen LogP contribution in [0.25, 0.3) is 0 Å². The van der Waals surface area contributed by atoms with Gasteiger partial charge in [-0.05, 0) is 38.0 Å². The molecule has 0 aliphatic heterocycles. The summed E-state index contributed by atoms with van der Waals surface area (Å²) in [5, 5.41) is 14.4. The van der Waals surface area contributed by atoms with Crippen LogP contribution in [0.3, 0.4) is 0 Å². The van der Waals surface area contributed by atoms with Crippen molar-refractivity contribution in [2.45, 2.75) is 20.3 Å². The van der Waals surface area contributed by atoms with Crippen LogP contribution in [-0.4, -0.2) is 27.6 Å². The minimum absolute atomic E-state index is 0.136. The maximum atomic E-state index is 10.2. The number of nitrogens with two attached hydrogens (primary N) is 1. The van der Waals surface area contributed by atoms with Gasteiger partial charge >= 0.3 is 0 Å². The van der Waals surface area contributed by atoms with Crippen molar-refractivity contribution in [1.29, 1.82) is 0 Å². The Balaban J connectivity index is 2.37. The van der Waals surface area contributed by atoms with Gasteiger partial charge in [-0.1, -0.05) is 6.08 Å². The van der Waals surface area contributed by atoms with Crippen molar-refractivity contribution in [3.05, 3.63) is 47.8 Å². The molecule has 0 unspecified atom stereocenters. The summed E-state index contributed by atoms with van der Waals surface area (Å²) >= 11 is 0. The van der Waals surface area contributed by atoms with Gasteiger partial charge in [-0.15, -0.1) is 6.58 Å². The van der Waals surface area contributed by atoms with Crippen molar-refractivity contribution in [3.63, 3.8) is 0 Å². The SMILES string of the molecule is C=CCc1cc(C=Nn2cc(C)nc2N)cc(OCC)c1O. The standard InChI is InChI=1S/C16H20N4O2/c1-4-6-13-7-12(8-14(15(13)21)22-5-2)9-18-20-10-11(3)19-16(20)17/h4,7-10,21H,1,5-6H2,2-3H3,(H2,17,19). The highest BCUT2D eigenvalue weighted by Gasteiger charge is 2.09. The maximum absolute atomic E-state index is 10.2. The first-order chi connectivity index (χ1) is 10.5. The molecular weight excluding hydrogens is 280 g/mol. The highest BCUT2D eigenvalue weighted by molar-refractivity contribution is 5.81. The van der Waals surface area contributed by atoms with E-state index in [1.807, 2.05) is 19.9 Å². The van der Waals surface area contributed by atoms with E-state index in [0.717, 1.165) is 16.8 Å². The molecular formula is C16H20N4O2. The normalized spacial score (nSPS) is 11.0. The molecule has 2 rings (SSSR count). The first-order valence-corrected chi connectivity index (χ1v) is 7.00. The summed E-state index contributed by atoms with van der Waals surface area (Å²) in [6, 6.07) is 3.57. The number of aromatic nitrogens is 2. The molecule has 0 atom stereocenters. The minimum atomic E-state index is 0.136. The van der Waals surface area contributed by atoms with Gasteiger partial charge in [0.05, 0.1) is 24.7 Å². The molecule has 0 aliphatic carbocycles. The quantitative estimate of drug-likeness (QED) is 0.634. The number of phenols is 1. The van der Waals surface area contributed by atoms with Gasteiger partial charge in [0.25, 0.3) is 0 Å². The van der Waals surface area contributed by atoms with Crippen LogP contribution in [0.2, 0.25) is 0 Å². The highest BCUT2D eigenvalue weighted by Crippen LogP contribution is 2.32. The summed E-state index contributed by atoms with van der Waals surface area (Å²) in [5.74, 6) is 0.888. The Morgan fingerprint density at radius 1 is 1.50 bits per heavy atom. The molecule has 0 radical (unpaired) electrons. The molecule has 22 heavy (non-hydrogen) atoms. The van der Waals surface area contributed by atoms with E-state index in [1.54, 1.807) is 24.6 Å². The van der Waals surface area contributed by atoms with Gasteiger partial charge in [-0.2, -0.15) is 5.10 Å². The fraction of sp³-hybridized carbons (Fsp3) is 0.250. The number of hydrogen-bond acceptors (Lipinski definition) is 5. The van der Waals surface area contributed by atoms with E-state index >= 15 is 0 Å². The number of ether oxygens (including phenoxy) is 1. The lowest BCUT2D eigenvalue weighted by Crippen LogP contribution is -1.99. The van der Waals surface area contributed by atoms with Crippen molar-refractivity contribution in [2.75, 3.05) is 12.3 Å². The molecule has 6 heteroatoms. The monoisotopic (exact) mass is 300 g/mol. The molecule has 0 saturated heterocycles. The molecule has 0 fully saturated rings. The third-order valence-electron chi connectivity index (χ3n) is 3.01. The minimum Gasteiger partial charge on any atom is -0.504 e. The fourth-order valence-corrected chi connectivity index (χ4v) is 2.07. The zero-order chi connectivity index (χ0) is 16.1. The molecule has 1 aromatic heterocycles. The number of rotatable bonds is 6. The van der Waals surface area contributed by atoms with Gasteiger partial charge < -0.3 is 15.6 Å². The highest BCUT2D eigenvalue weighted by atomic mass is 16.5. The zero-order valence-corrected chi connectivity index (χ0v) is 12.8. The topological polar surface area (TPSA) is 85.7 Å². The van der Waals surface area contributed by atoms with Gasteiger partial charge in [-0.3, -0.25) is 0 Å². The summed E-state index contributed by atoms with van der Waals surface area (Å²) in [7, 11) is 0. The molecule has 0 aliphatic rings. The van der Waals surface area contributed by atoms with Crippen molar-refractivity contribution in [2.24, 2.45) is 5.10 Å². The molecule has 0 amide bonds. The fourth-order valence-electron chi connectivity index (χ4n) is 2.07. The van der Waals surface area contributed by atoms with E-state index in [4.69, 9.17) is 10.5 Å². The Bertz CT molecular complexity index is 704. The number of imidazole rings is 1. The zero-order valence-electron chi connectivity index (χ0n) is 12.8. The molecule has 0 saturated carbocycles. The van der Waals surface area contributed by atoms with E-state index in [1.165, 1.54) is 4.68 Å². The number of nitrogens with zero attached hydrogens (tertiary/aromatic N) is 3. The Labute approximate surface area is 129 Å². The van der Waals surface area contributed by atoms with Gasteiger partial charge in [-0.25, -0.2) is 9.66 Å². The average Bonchev–Trinajstić information content (AvgIpc) is 2.80.